The van der Waals surface area contributed by atoms with Gasteiger partial charge in [-0.05, 0) is 142 Å². The third kappa shape index (κ3) is 6.63. The highest BCUT2D eigenvalue weighted by Crippen LogP contribution is 2.40. The van der Waals surface area contributed by atoms with Crippen molar-refractivity contribution in [1.82, 2.24) is 0 Å². The first-order valence-corrected chi connectivity index (χ1v) is 15.6. The topological polar surface area (TPSA) is 58.2 Å². The number of rotatable bonds is 4. The predicted molar refractivity (Wildman–Crippen MR) is 165 cm³/mol. The maximum atomic E-state index is 13.2. The van der Waals surface area contributed by atoms with Crippen LogP contribution in [0.1, 0.15) is 20.7 Å². The molecule has 4 nitrogen and oxygen atoms in total. The Kier molecular flexibility index (Phi) is 10.3. The highest BCUT2D eigenvalue weighted by molar-refractivity contribution is 9.12. The van der Waals surface area contributed by atoms with Crippen molar-refractivity contribution < 1.29 is 9.59 Å². The summed E-state index contributed by atoms with van der Waals surface area (Å²) in [6.07, 6.45) is 0. The van der Waals surface area contributed by atoms with Gasteiger partial charge in [0.2, 0.25) is 0 Å². The molecule has 0 fully saturated rings. The van der Waals surface area contributed by atoms with Gasteiger partial charge in [0.25, 0.3) is 11.8 Å². The second-order valence-corrected chi connectivity index (χ2v) is 14.1. The van der Waals surface area contributed by atoms with Crippen LogP contribution in [0.5, 0.6) is 0 Å². The molecule has 2 amide bonds. The van der Waals surface area contributed by atoms with Gasteiger partial charge >= 0.3 is 0 Å². The molecule has 0 radical (unpaired) electrons. The first-order valence-electron chi connectivity index (χ1n) is 8.50. The second kappa shape index (κ2) is 12.0. The molecule has 0 saturated carbocycles. The fourth-order valence-corrected chi connectivity index (χ4v) is 10.4. The molecule has 0 aliphatic carbocycles. The molecule has 0 heterocycles. The van der Waals surface area contributed by atoms with Crippen LogP contribution in [0.4, 0.5) is 11.4 Å². The Hall–Kier alpha value is 0.920. The minimum atomic E-state index is -0.412. The molecule has 0 bridgehead atoms. The van der Waals surface area contributed by atoms with E-state index >= 15 is 0 Å². The molecule has 33 heavy (non-hydrogen) atoms. The second-order valence-electron chi connectivity index (χ2n) is 6.30. The highest BCUT2D eigenvalue weighted by atomic mass is 79.9. The van der Waals surface area contributed by atoms with Crippen molar-refractivity contribution in [3.05, 3.63) is 81.7 Å². The van der Waals surface area contributed by atoms with Crippen molar-refractivity contribution in [1.29, 1.82) is 0 Å². The van der Waals surface area contributed by atoms with Crippen molar-refractivity contribution in [2.24, 2.45) is 0 Å². The monoisotopic (exact) mass is 1020 g/mol. The molecule has 0 unspecified atom stereocenters. The average Bonchev–Trinajstić information content (AvgIpc) is 2.67. The van der Waals surface area contributed by atoms with Gasteiger partial charge in [-0.2, -0.15) is 0 Å². The summed E-state index contributed by atoms with van der Waals surface area (Å²) in [6, 6.07) is 8.93. The summed E-state index contributed by atoms with van der Waals surface area (Å²) in [5.41, 5.74) is 1.63. The number of hydrogen-bond donors (Lipinski definition) is 2. The van der Waals surface area contributed by atoms with Gasteiger partial charge < -0.3 is 10.6 Å². The maximum absolute atomic E-state index is 13.2. The number of nitrogens with one attached hydrogen (secondary N) is 2. The Bertz CT molecular complexity index is 1170. The van der Waals surface area contributed by atoms with E-state index in [2.05, 4.69) is 154 Å². The number of hydrogen-bond acceptors (Lipinski definition) is 2. The van der Waals surface area contributed by atoms with Crippen LogP contribution in [0.2, 0.25) is 0 Å². The molecule has 0 aliphatic rings. The van der Waals surface area contributed by atoms with Gasteiger partial charge in [-0.15, -0.1) is 0 Å². The van der Waals surface area contributed by atoms with Crippen LogP contribution in [0, 0.1) is 0 Å². The molecular formula is C20H7Br9N2O2. The zero-order valence-corrected chi connectivity index (χ0v) is 29.9. The number of anilines is 2. The first kappa shape index (κ1) is 28.5. The molecule has 0 saturated heterocycles. The third-order valence-electron chi connectivity index (χ3n) is 4.12. The highest BCUT2D eigenvalue weighted by Gasteiger charge is 2.25. The molecule has 2 N–H and O–H groups in total. The number of benzene rings is 3. The van der Waals surface area contributed by atoms with E-state index in [1.165, 1.54) is 0 Å². The minimum absolute atomic E-state index is 0.263. The van der Waals surface area contributed by atoms with Gasteiger partial charge in [0.1, 0.15) is 0 Å². The summed E-state index contributed by atoms with van der Waals surface area (Å²) >= 11 is 31.0. The van der Waals surface area contributed by atoms with Crippen LogP contribution in [-0.4, -0.2) is 11.8 Å². The number of amides is 2. The molecular weight excluding hydrogens is 1020 g/mol. The Morgan fingerprint density at radius 3 is 1.09 bits per heavy atom. The van der Waals surface area contributed by atoms with Crippen molar-refractivity contribution in [3.8, 4) is 0 Å². The zero-order chi connectivity index (χ0) is 24.6. The lowest BCUT2D eigenvalue weighted by atomic mass is 10.1. The van der Waals surface area contributed by atoms with Gasteiger partial charge in [0.15, 0.2) is 0 Å². The Morgan fingerprint density at radius 2 is 0.788 bits per heavy atom. The van der Waals surface area contributed by atoms with Crippen LogP contribution in [-0.2, 0) is 0 Å². The zero-order valence-electron chi connectivity index (χ0n) is 15.6. The fourth-order valence-electron chi connectivity index (χ4n) is 2.68. The van der Waals surface area contributed by atoms with Gasteiger partial charge in [-0.3, -0.25) is 9.59 Å². The van der Waals surface area contributed by atoms with Gasteiger partial charge in [0.05, 0.1) is 22.5 Å². The molecule has 3 aromatic rings. The SMILES string of the molecule is O=C(Nc1c(Br)cc(Br)cc1Br)c1c(Br)cc(Br)c(C(=O)Nc2c(Br)cc(Br)cc2Br)c1Br. The molecule has 3 aromatic carbocycles. The quantitative estimate of drug-likeness (QED) is 0.274. The molecule has 3 rings (SSSR count). The Labute approximate surface area is 265 Å². The van der Waals surface area contributed by atoms with Crippen molar-refractivity contribution in [3.63, 3.8) is 0 Å². The smallest absolute Gasteiger partial charge is 0.258 e. The number of carbonyl (C=O) groups is 2. The molecule has 0 spiro atoms. The lowest BCUT2D eigenvalue weighted by Crippen LogP contribution is -2.19. The molecule has 0 atom stereocenters. The summed E-state index contributed by atoms with van der Waals surface area (Å²) in [5.74, 6) is -0.824. The lowest BCUT2D eigenvalue weighted by Gasteiger charge is -2.17. The third-order valence-corrected chi connectivity index (χ3v) is 9.58. The van der Waals surface area contributed by atoms with Crippen LogP contribution in [0.3, 0.4) is 0 Å². The Morgan fingerprint density at radius 1 is 0.485 bits per heavy atom. The summed E-state index contributed by atoms with van der Waals surface area (Å²) in [5, 5.41) is 5.77. The number of halogens is 9. The van der Waals surface area contributed by atoms with Gasteiger partial charge in [-0.1, -0.05) is 31.9 Å². The van der Waals surface area contributed by atoms with E-state index in [0.717, 1.165) is 8.95 Å². The van der Waals surface area contributed by atoms with Crippen LogP contribution in [0.25, 0.3) is 0 Å². The van der Waals surface area contributed by atoms with Crippen molar-refractivity contribution >= 4 is 167 Å². The normalized spacial score (nSPS) is 10.8. The van der Waals surface area contributed by atoms with Crippen LogP contribution >= 0.6 is 143 Å². The minimum Gasteiger partial charge on any atom is -0.320 e. The van der Waals surface area contributed by atoms with E-state index < -0.39 is 11.8 Å². The van der Waals surface area contributed by atoms with E-state index in [1.807, 2.05) is 24.3 Å². The van der Waals surface area contributed by atoms with Gasteiger partial charge in [-0.25, -0.2) is 0 Å². The summed E-state index contributed by atoms with van der Waals surface area (Å²) < 4.78 is 5.76. The molecule has 0 aromatic heterocycles. The van der Waals surface area contributed by atoms with E-state index in [1.54, 1.807) is 6.07 Å². The van der Waals surface area contributed by atoms with E-state index in [4.69, 9.17) is 0 Å². The molecule has 172 valence electrons. The van der Waals surface area contributed by atoms with Crippen molar-refractivity contribution in [2.75, 3.05) is 10.6 Å². The van der Waals surface area contributed by atoms with Crippen LogP contribution in [0.15, 0.2) is 70.6 Å². The summed E-state index contributed by atoms with van der Waals surface area (Å²) in [4.78, 5) is 26.5. The van der Waals surface area contributed by atoms with E-state index in [9.17, 15) is 9.59 Å². The standard InChI is InChI=1S/C20H7Br9N2O2/c21-6-1-10(25)17(11(26)2-6)30-19(32)14-8(23)5-9(24)15(16(14)29)20(33)31-18-12(27)3-7(22)4-13(18)28/h1-5H,(H,30,32)(H,31,33). The Balaban J connectivity index is 2.01. The van der Waals surface area contributed by atoms with Gasteiger partial charge in [0, 0.05) is 40.3 Å². The fraction of sp³-hybridized carbons (Fsp3) is 0. The van der Waals surface area contributed by atoms with E-state index in [-0.39, 0.29) is 11.1 Å². The largest absolute Gasteiger partial charge is 0.320 e. The summed E-state index contributed by atoms with van der Waals surface area (Å²) in [6.45, 7) is 0. The average molecular weight is 1030 g/mol. The lowest BCUT2D eigenvalue weighted by molar-refractivity contribution is 0.102. The number of carbonyl (C=O) groups excluding carboxylic acids is 2. The van der Waals surface area contributed by atoms with E-state index in [0.29, 0.717) is 42.7 Å². The van der Waals surface area contributed by atoms with Crippen LogP contribution < -0.4 is 10.6 Å². The molecule has 0 aliphatic heterocycles. The maximum Gasteiger partial charge on any atom is 0.258 e. The molecule has 13 heteroatoms. The summed E-state index contributed by atoms with van der Waals surface area (Å²) in [7, 11) is 0. The first-order chi connectivity index (χ1) is 15.4. The predicted octanol–water partition coefficient (Wildman–Crippen LogP) is 11.1. The van der Waals surface area contributed by atoms with Crippen molar-refractivity contribution in [2.45, 2.75) is 0 Å².